The third-order valence-electron chi connectivity index (χ3n) is 4.14. The minimum absolute atomic E-state index is 0.0194. The summed E-state index contributed by atoms with van der Waals surface area (Å²) in [5.74, 6) is -1.50. The summed E-state index contributed by atoms with van der Waals surface area (Å²) in [4.78, 5) is 28.7. The van der Waals surface area contributed by atoms with Crippen LogP contribution in [-0.4, -0.2) is 16.8 Å². The number of nitrogens with zero attached hydrogens (tertiary/aromatic N) is 1. The zero-order valence-electron chi connectivity index (χ0n) is 14.9. The van der Waals surface area contributed by atoms with E-state index in [-0.39, 0.29) is 22.9 Å². The van der Waals surface area contributed by atoms with E-state index in [2.05, 4.69) is 15.6 Å². The van der Waals surface area contributed by atoms with Gasteiger partial charge in [0.05, 0.1) is 5.69 Å². The number of anilines is 2. The monoisotopic (exact) mass is 363 g/mol. The van der Waals surface area contributed by atoms with Gasteiger partial charge in [-0.05, 0) is 61.4 Å². The fourth-order valence-electron chi connectivity index (χ4n) is 2.47. The number of carbonyl (C=O) groups is 2. The van der Waals surface area contributed by atoms with Crippen LogP contribution < -0.4 is 10.6 Å². The smallest absolute Gasteiger partial charge is 0.274 e. The van der Waals surface area contributed by atoms with Crippen molar-refractivity contribution in [3.05, 3.63) is 89.0 Å². The SMILES string of the molecule is Cc1ccc(NC(=O)c2ccnc(C(=O)Nc3ccccc3F)c2)cc1C. The molecular formula is C21H18FN3O2. The molecule has 1 aromatic heterocycles. The number of nitrogens with one attached hydrogen (secondary N) is 2. The van der Waals surface area contributed by atoms with E-state index in [1.165, 1.54) is 36.5 Å². The topological polar surface area (TPSA) is 71.1 Å². The van der Waals surface area contributed by atoms with Gasteiger partial charge < -0.3 is 10.6 Å². The number of aromatic nitrogens is 1. The van der Waals surface area contributed by atoms with Crippen molar-refractivity contribution in [2.24, 2.45) is 0 Å². The average Bonchev–Trinajstić information content (AvgIpc) is 2.66. The Bertz CT molecular complexity index is 1020. The van der Waals surface area contributed by atoms with Crippen LogP contribution in [0.4, 0.5) is 15.8 Å². The maximum Gasteiger partial charge on any atom is 0.274 e. The number of hydrogen-bond donors (Lipinski definition) is 2. The summed E-state index contributed by atoms with van der Waals surface area (Å²) in [5.41, 5.74) is 3.20. The van der Waals surface area contributed by atoms with Crippen LogP contribution >= 0.6 is 0 Å². The third-order valence-corrected chi connectivity index (χ3v) is 4.14. The molecule has 0 aliphatic heterocycles. The fourth-order valence-corrected chi connectivity index (χ4v) is 2.47. The summed E-state index contributed by atoms with van der Waals surface area (Å²) in [7, 11) is 0. The number of aryl methyl sites for hydroxylation is 2. The van der Waals surface area contributed by atoms with E-state index < -0.39 is 11.7 Å². The van der Waals surface area contributed by atoms with Crippen LogP contribution in [0.25, 0.3) is 0 Å². The average molecular weight is 363 g/mol. The maximum absolute atomic E-state index is 13.7. The van der Waals surface area contributed by atoms with Crippen molar-refractivity contribution in [3.8, 4) is 0 Å². The molecule has 3 rings (SSSR count). The molecule has 0 radical (unpaired) electrons. The van der Waals surface area contributed by atoms with Crippen LogP contribution in [0.3, 0.4) is 0 Å². The van der Waals surface area contributed by atoms with Crippen LogP contribution in [0.5, 0.6) is 0 Å². The highest BCUT2D eigenvalue weighted by molar-refractivity contribution is 6.07. The molecule has 0 bridgehead atoms. The van der Waals surface area contributed by atoms with E-state index in [9.17, 15) is 14.0 Å². The maximum atomic E-state index is 13.7. The van der Waals surface area contributed by atoms with Crippen LogP contribution in [0, 0.1) is 19.7 Å². The Kier molecular flexibility index (Phi) is 5.26. The molecule has 1 heterocycles. The van der Waals surface area contributed by atoms with Gasteiger partial charge >= 0.3 is 0 Å². The van der Waals surface area contributed by atoms with Crippen molar-refractivity contribution < 1.29 is 14.0 Å². The van der Waals surface area contributed by atoms with Crippen molar-refractivity contribution >= 4 is 23.2 Å². The standard InChI is InChI=1S/C21H18FN3O2/c1-13-7-8-16(11-14(13)2)24-20(26)15-9-10-23-19(12-15)21(27)25-18-6-4-3-5-17(18)22/h3-12H,1-2H3,(H,24,26)(H,25,27). The second-order valence-corrected chi connectivity index (χ2v) is 6.12. The molecule has 0 aliphatic carbocycles. The Hall–Kier alpha value is -3.54. The highest BCUT2D eigenvalue weighted by Crippen LogP contribution is 2.16. The molecule has 27 heavy (non-hydrogen) atoms. The summed E-state index contributed by atoms with van der Waals surface area (Å²) >= 11 is 0. The van der Waals surface area contributed by atoms with Gasteiger partial charge in [-0.25, -0.2) is 4.39 Å². The third kappa shape index (κ3) is 4.36. The molecule has 5 nitrogen and oxygen atoms in total. The minimum Gasteiger partial charge on any atom is -0.322 e. The van der Waals surface area contributed by atoms with Crippen LogP contribution in [0.15, 0.2) is 60.8 Å². The number of halogens is 1. The number of carbonyl (C=O) groups excluding carboxylic acids is 2. The summed E-state index contributed by atoms with van der Waals surface area (Å²) in [5, 5.41) is 5.24. The van der Waals surface area contributed by atoms with Gasteiger partial charge in [0.1, 0.15) is 11.5 Å². The lowest BCUT2D eigenvalue weighted by atomic mass is 10.1. The van der Waals surface area contributed by atoms with E-state index in [1.54, 1.807) is 6.07 Å². The van der Waals surface area contributed by atoms with E-state index in [4.69, 9.17) is 0 Å². The molecule has 0 aliphatic rings. The molecule has 2 aromatic carbocycles. The van der Waals surface area contributed by atoms with Gasteiger partial charge in [-0.15, -0.1) is 0 Å². The van der Waals surface area contributed by atoms with Gasteiger partial charge in [-0.1, -0.05) is 18.2 Å². The largest absolute Gasteiger partial charge is 0.322 e. The molecule has 3 aromatic rings. The number of benzene rings is 2. The first-order valence-corrected chi connectivity index (χ1v) is 8.34. The molecular weight excluding hydrogens is 345 g/mol. The lowest BCUT2D eigenvalue weighted by Crippen LogP contribution is -2.17. The zero-order chi connectivity index (χ0) is 19.4. The molecule has 0 saturated heterocycles. The van der Waals surface area contributed by atoms with E-state index in [0.29, 0.717) is 5.69 Å². The lowest BCUT2D eigenvalue weighted by molar-refractivity contribution is 0.102. The molecule has 6 heteroatoms. The molecule has 136 valence electrons. The molecule has 0 fully saturated rings. The molecule has 2 amide bonds. The number of amides is 2. The van der Waals surface area contributed by atoms with E-state index in [0.717, 1.165) is 11.1 Å². The lowest BCUT2D eigenvalue weighted by Gasteiger charge is -2.09. The summed E-state index contributed by atoms with van der Waals surface area (Å²) in [6, 6.07) is 14.3. The highest BCUT2D eigenvalue weighted by Gasteiger charge is 2.14. The Morgan fingerprint density at radius 1 is 0.889 bits per heavy atom. The van der Waals surface area contributed by atoms with Gasteiger partial charge in [0, 0.05) is 17.4 Å². The summed E-state index contributed by atoms with van der Waals surface area (Å²) < 4.78 is 13.7. The first-order chi connectivity index (χ1) is 12.9. The van der Waals surface area contributed by atoms with Crippen LogP contribution in [-0.2, 0) is 0 Å². The van der Waals surface area contributed by atoms with Crippen LogP contribution in [0.1, 0.15) is 32.0 Å². The number of pyridine rings is 1. The van der Waals surface area contributed by atoms with Gasteiger partial charge in [0.25, 0.3) is 11.8 Å². The van der Waals surface area contributed by atoms with Gasteiger partial charge in [0.15, 0.2) is 0 Å². The second kappa shape index (κ2) is 7.78. The van der Waals surface area contributed by atoms with Crippen molar-refractivity contribution in [2.45, 2.75) is 13.8 Å². The first-order valence-electron chi connectivity index (χ1n) is 8.34. The van der Waals surface area contributed by atoms with E-state index >= 15 is 0 Å². The Morgan fingerprint density at radius 3 is 2.41 bits per heavy atom. The Balaban J connectivity index is 1.76. The molecule has 2 N–H and O–H groups in total. The van der Waals surface area contributed by atoms with Crippen LogP contribution in [0.2, 0.25) is 0 Å². The predicted octanol–water partition coefficient (Wildman–Crippen LogP) is 4.34. The fraction of sp³-hybridized carbons (Fsp3) is 0.0952. The van der Waals surface area contributed by atoms with Gasteiger partial charge in [-0.2, -0.15) is 0 Å². The second-order valence-electron chi connectivity index (χ2n) is 6.12. The Morgan fingerprint density at radius 2 is 1.67 bits per heavy atom. The summed E-state index contributed by atoms with van der Waals surface area (Å²) in [6.07, 6.45) is 1.37. The summed E-state index contributed by atoms with van der Waals surface area (Å²) in [6.45, 7) is 3.95. The van der Waals surface area contributed by atoms with E-state index in [1.807, 2.05) is 32.0 Å². The van der Waals surface area contributed by atoms with Crippen molar-refractivity contribution in [1.82, 2.24) is 4.98 Å². The normalized spacial score (nSPS) is 10.3. The Labute approximate surface area is 156 Å². The first kappa shape index (κ1) is 18.3. The molecule has 0 atom stereocenters. The number of hydrogen-bond acceptors (Lipinski definition) is 3. The van der Waals surface area contributed by atoms with Crippen molar-refractivity contribution in [2.75, 3.05) is 10.6 Å². The molecule has 0 unspecified atom stereocenters. The zero-order valence-corrected chi connectivity index (χ0v) is 14.9. The molecule has 0 spiro atoms. The number of para-hydroxylation sites is 1. The van der Waals surface area contributed by atoms with Gasteiger partial charge in [-0.3, -0.25) is 14.6 Å². The van der Waals surface area contributed by atoms with Gasteiger partial charge in [0.2, 0.25) is 0 Å². The van der Waals surface area contributed by atoms with Crippen molar-refractivity contribution in [3.63, 3.8) is 0 Å². The molecule has 0 saturated carbocycles. The highest BCUT2D eigenvalue weighted by atomic mass is 19.1. The number of rotatable bonds is 4. The quantitative estimate of drug-likeness (QED) is 0.724. The minimum atomic E-state index is -0.596. The van der Waals surface area contributed by atoms with Crippen molar-refractivity contribution in [1.29, 1.82) is 0 Å². The predicted molar refractivity (Wildman–Crippen MR) is 102 cm³/mol.